The van der Waals surface area contributed by atoms with Crippen molar-refractivity contribution in [2.24, 2.45) is 0 Å². The van der Waals surface area contributed by atoms with Crippen LogP contribution in [0.2, 0.25) is 5.02 Å². The topological polar surface area (TPSA) is 36.7 Å². The Balaban J connectivity index is 3.30. The molecule has 0 aliphatic carbocycles. The molecule has 6 heteroatoms. The van der Waals surface area contributed by atoms with E-state index in [1.165, 1.54) is 6.20 Å². The van der Waals surface area contributed by atoms with Crippen LogP contribution in [0.25, 0.3) is 0 Å². The second-order valence-corrected chi connectivity index (χ2v) is 3.67. The molecule has 80 valence electrons. The van der Waals surface area contributed by atoms with Gasteiger partial charge >= 0.3 is 0 Å². The number of halogens is 4. The van der Waals surface area contributed by atoms with Gasteiger partial charge in [0, 0.05) is 17.1 Å². The first-order chi connectivity index (χ1) is 7.11. The van der Waals surface area contributed by atoms with E-state index in [1.54, 1.807) is 0 Å². The van der Waals surface area contributed by atoms with Gasteiger partial charge in [0.2, 0.25) is 0 Å². The van der Waals surface area contributed by atoms with Crippen molar-refractivity contribution in [3.8, 4) is 6.07 Å². The Labute approximate surface area is 99.0 Å². The molecule has 0 atom stereocenters. The third-order valence-corrected chi connectivity index (χ3v) is 2.85. The summed E-state index contributed by atoms with van der Waals surface area (Å²) in [6.07, 6.45) is -1.42. The molecule has 1 aromatic heterocycles. The second-order valence-electron chi connectivity index (χ2n) is 2.73. The summed E-state index contributed by atoms with van der Waals surface area (Å²) in [5, 5.41) is 8.60. The van der Waals surface area contributed by atoms with E-state index in [0.29, 0.717) is 5.56 Å². The van der Waals surface area contributed by atoms with Crippen LogP contribution >= 0.6 is 27.5 Å². The number of pyridine rings is 1. The summed E-state index contributed by atoms with van der Waals surface area (Å²) in [4.78, 5) is 3.86. The number of hydrogen-bond acceptors (Lipinski definition) is 2. The summed E-state index contributed by atoms with van der Waals surface area (Å²) >= 11 is 8.83. The molecule has 1 aromatic rings. The zero-order valence-corrected chi connectivity index (χ0v) is 9.82. The summed E-state index contributed by atoms with van der Waals surface area (Å²) in [6, 6.07) is 1.82. The van der Waals surface area contributed by atoms with Gasteiger partial charge in [-0.1, -0.05) is 27.5 Å². The molecule has 0 N–H and O–H groups in total. The minimum absolute atomic E-state index is 0.0683. The Morgan fingerprint density at radius 3 is 2.73 bits per heavy atom. The molecule has 15 heavy (non-hydrogen) atoms. The molecule has 0 spiro atoms. The second kappa shape index (κ2) is 5.38. The predicted octanol–water partition coefficient (Wildman–Crippen LogP) is 3.63. The van der Waals surface area contributed by atoms with E-state index in [2.05, 4.69) is 20.9 Å². The first kappa shape index (κ1) is 12.3. The maximum atomic E-state index is 12.7. The van der Waals surface area contributed by atoms with Crippen LogP contribution in [0.5, 0.6) is 0 Å². The number of rotatable bonds is 3. The molecule has 0 bridgehead atoms. The van der Waals surface area contributed by atoms with Gasteiger partial charge in [0.15, 0.2) is 0 Å². The fourth-order valence-corrected chi connectivity index (χ4v) is 1.89. The van der Waals surface area contributed by atoms with E-state index in [0.717, 1.165) is 0 Å². The van der Waals surface area contributed by atoms with Crippen molar-refractivity contribution in [2.75, 3.05) is 0 Å². The maximum absolute atomic E-state index is 12.7. The zero-order valence-electron chi connectivity index (χ0n) is 7.48. The van der Waals surface area contributed by atoms with Gasteiger partial charge < -0.3 is 0 Å². The third kappa shape index (κ3) is 2.64. The van der Waals surface area contributed by atoms with Gasteiger partial charge in [0.25, 0.3) is 6.43 Å². The first-order valence-corrected chi connectivity index (χ1v) is 5.49. The Morgan fingerprint density at radius 1 is 1.60 bits per heavy atom. The van der Waals surface area contributed by atoms with Gasteiger partial charge in [0.1, 0.15) is 0 Å². The first-order valence-electron chi connectivity index (χ1n) is 3.99. The predicted molar refractivity (Wildman–Crippen MR) is 56.2 cm³/mol. The molecule has 0 amide bonds. The van der Waals surface area contributed by atoms with E-state index in [4.69, 9.17) is 16.9 Å². The highest BCUT2D eigenvalue weighted by Crippen LogP contribution is 2.32. The van der Waals surface area contributed by atoms with E-state index >= 15 is 0 Å². The quantitative estimate of drug-likeness (QED) is 0.798. The van der Waals surface area contributed by atoms with E-state index in [1.807, 2.05) is 6.07 Å². The Kier molecular flexibility index (Phi) is 4.43. The van der Waals surface area contributed by atoms with Crippen molar-refractivity contribution in [1.82, 2.24) is 4.98 Å². The maximum Gasteiger partial charge on any atom is 0.265 e. The average molecular weight is 296 g/mol. The van der Waals surface area contributed by atoms with Crippen LogP contribution in [0.4, 0.5) is 8.78 Å². The average Bonchev–Trinajstić information content (AvgIpc) is 2.20. The van der Waals surface area contributed by atoms with Crippen LogP contribution in [0.15, 0.2) is 6.20 Å². The summed E-state index contributed by atoms with van der Waals surface area (Å²) in [6.45, 7) is 0. The van der Waals surface area contributed by atoms with Crippen molar-refractivity contribution in [3.63, 3.8) is 0 Å². The van der Waals surface area contributed by atoms with E-state index < -0.39 is 6.43 Å². The Bertz CT molecular complexity index is 404. The smallest absolute Gasteiger partial charge is 0.258 e. The molecule has 0 saturated carbocycles. The van der Waals surface area contributed by atoms with Gasteiger partial charge in [0.05, 0.1) is 23.2 Å². The number of alkyl halides is 3. The molecule has 0 aliphatic rings. The van der Waals surface area contributed by atoms with E-state index in [-0.39, 0.29) is 28.0 Å². The Morgan fingerprint density at radius 2 is 2.27 bits per heavy atom. The molecule has 2 nitrogen and oxygen atoms in total. The Hall–Kier alpha value is -0.730. The van der Waals surface area contributed by atoms with Gasteiger partial charge in [-0.3, -0.25) is 4.98 Å². The molecule has 0 radical (unpaired) electrons. The lowest BCUT2D eigenvalue weighted by Gasteiger charge is -2.10. The van der Waals surface area contributed by atoms with Crippen molar-refractivity contribution in [3.05, 3.63) is 28.0 Å². The van der Waals surface area contributed by atoms with Crippen LogP contribution < -0.4 is 0 Å². The highest BCUT2D eigenvalue weighted by molar-refractivity contribution is 9.08. The van der Waals surface area contributed by atoms with Gasteiger partial charge in [-0.25, -0.2) is 8.78 Å². The van der Waals surface area contributed by atoms with Crippen molar-refractivity contribution < 1.29 is 8.78 Å². The third-order valence-electron chi connectivity index (χ3n) is 1.82. The molecule has 0 aromatic carbocycles. The lowest BCUT2D eigenvalue weighted by molar-refractivity contribution is 0.150. The lowest BCUT2D eigenvalue weighted by Crippen LogP contribution is -2.00. The minimum atomic E-state index is -2.66. The van der Waals surface area contributed by atoms with Crippen molar-refractivity contribution in [1.29, 1.82) is 5.26 Å². The molecule has 0 unspecified atom stereocenters. The minimum Gasteiger partial charge on any atom is -0.258 e. The van der Waals surface area contributed by atoms with Crippen LogP contribution in [0, 0.1) is 11.3 Å². The standard InChI is InChI=1S/C9H6BrClF2N2/c10-3-5-4-15-6(1-2-14)8(11)7(5)9(12)13/h4,9H,1,3H2. The van der Waals surface area contributed by atoms with Crippen molar-refractivity contribution >= 4 is 27.5 Å². The summed E-state index contributed by atoms with van der Waals surface area (Å²) < 4.78 is 25.4. The summed E-state index contributed by atoms with van der Waals surface area (Å²) in [7, 11) is 0. The molecule has 1 rings (SSSR count). The lowest BCUT2D eigenvalue weighted by atomic mass is 10.1. The van der Waals surface area contributed by atoms with Gasteiger partial charge in [-0.15, -0.1) is 0 Å². The molecule has 0 fully saturated rings. The summed E-state index contributed by atoms with van der Waals surface area (Å²) in [5.74, 6) is 0. The van der Waals surface area contributed by atoms with Crippen LogP contribution in [0.3, 0.4) is 0 Å². The number of nitriles is 1. The largest absolute Gasteiger partial charge is 0.265 e. The molecular formula is C9H6BrClF2N2. The molecule has 0 aliphatic heterocycles. The highest BCUT2D eigenvalue weighted by atomic mass is 79.9. The van der Waals surface area contributed by atoms with E-state index in [9.17, 15) is 8.78 Å². The highest BCUT2D eigenvalue weighted by Gasteiger charge is 2.19. The molecular weight excluding hydrogens is 289 g/mol. The fraction of sp³-hybridized carbons (Fsp3) is 0.333. The molecule has 0 saturated heterocycles. The number of aromatic nitrogens is 1. The van der Waals surface area contributed by atoms with Gasteiger partial charge in [-0.05, 0) is 5.56 Å². The number of hydrogen-bond donors (Lipinski definition) is 0. The summed E-state index contributed by atoms with van der Waals surface area (Å²) in [5.41, 5.74) is 0.296. The van der Waals surface area contributed by atoms with Crippen molar-refractivity contribution in [2.45, 2.75) is 18.2 Å². The van der Waals surface area contributed by atoms with Crippen LogP contribution in [-0.4, -0.2) is 4.98 Å². The molecule has 1 heterocycles. The zero-order chi connectivity index (χ0) is 11.4. The monoisotopic (exact) mass is 294 g/mol. The normalized spacial score (nSPS) is 10.4. The SMILES string of the molecule is N#CCc1ncc(CBr)c(C(F)F)c1Cl. The van der Waals surface area contributed by atoms with Crippen LogP contribution in [0.1, 0.15) is 23.2 Å². The van der Waals surface area contributed by atoms with Crippen LogP contribution in [-0.2, 0) is 11.8 Å². The number of nitrogens with zero attached hydrogens (tertiary/aromatic N) is 2. The fourth-order valence-electron chi connectivity index (χ4n) is 1.12. The van der Waals surface area contributed by atoms with Gasteiger partial charge in [-0.2, -0.15) is 5.26 Å².